The van der Waals surface area contributed by atoms with Gasteiger partial charge < -0.3 is 9.73 Å². The minimum Gasteiger partial charge on any atom is -0.426 e. The molecule has 1 saturated carbocycles. The van der Waals surface area contributed by atoms with Crippen LogP contribution in [0.3, 0.4) is 0 Å². The van der Waals surface area contributed by atoms with Gasteiger partial charge in [0.15, 0.2) is 0 Å². The van der Waals surface area contributed by atoms with Gasteiger partial charge in [-0.3, -0.25) is 0 Å². The van der Waals surface area contributed by atoms with E-state index in [0.29, 0.717) is 23.6 Å². The van der Waals surface area contributed by atoms with Crippen molar-refractivity contribution >= 4 is 0 Å². The Bertz CT molecular complexity index is 530. The van der Waals surface area contributed by atoms with Crippen LogP contribution in [0, 0.1) is 30.6 Å². The summed E-state index contributed by atoms with van der Waals surface area (Å²) in [6.45, 7) is 9.98. The minimum absolute atomic E-state index is 0.546. The van der Waals surface area contributed by atoms with Crippen LogP contribution in [0.15, 0.2) is 16.1 Å². The number of allylic oxidation sites excluding steroid dienone is 1. The molecule has 1 aromatic heterocycles. The maximum atomic E-state index is 5.58. The Hall–Kier alpha value is -1.16. The molecule has 0 spiro atoms. The third kappa shape index (κ3) is 3.78. The van der Waals surface area contributed by atoms with Gasteiger partial charge >= 0.3 is 0 Å². The first-order chi connectivity index (χ1) is 10.5. The molecule has 0 amide bonds. The van der Waals surface area contributed by atoms with E-state index < -0.39 is 0 Å². The van der Waals surface area contributed by atoms with Crippen LogP contribution in [0.4, 0.5) is 0 Å². The number of hydrogen-bond acceptors (Lipinski definition) is 4. The first-order valence-corrected chi connectivity index (χ1v) is 8.73. The summed E-state index contributed by atoms with van der Waals surface area (Å²) in [4.78, 5) is 0. The van der Waals surface area contributed by atoms with E-state index in [1.807, 2.05) is 6.92 Å². The summed E-state index contributed by atoms with van der Waals surface area (Å²) in [5.74, 6) is 4.11. The van der Waals surface area contributed by atoms with Gasteiger partial charge in [0, 0.05) is 25.9 Å². The molecule has 2 aliphatic rings. The van der Waals surface area contributed by atoms with Gasteiger partial charge in [0.25, 0.3) is 0 Å². The normalized spacial score (nSPS) is 29.0. The molecule has 4 heteroatoms. The maximum absolute atomic E-state index is 5.58. The first kappa shape index (κ1) is 15.7. The smallest absolute Gasteiger partial charge is 0.217 e. The number of hydrogen-bond donors (Lipinski definition) is 1. The van der Waals surface area contributed by atoms with Crippen molar-refractivity contribution in [3.8, 4) is 0 Å². The molecular weight excluding hydrogens is 274 g/mol. The Kier molecular flexibility index (Phi) is 4.67. The molecule has 3 unspecified atom stereocenters. The standard InChI is InChI=1S/C18H29N3O/c1-11(2)17-8-14(9-18-21-20-13(4)22-18)12(3)7-15(17)10-19-16-5-6-16/h7,11,14-17,19H,5-6,8-10H2,1-4H3. The van der Waals surface area contributed by atoms with E-state index >= 15 is 0 Å². The number of aryl methyl sites for hydroxylation is 1. The molecule has 3 atom stereocenters. The average molecular weight is 303 g/mol. The molecular formula is C18H29N3O. The average Bonchev–Trinajstić information content (AvgIpc) is 3.21. The lowest BCUT2D eigenvalue weighted by Crippen LogP contribution is -2.35. The van der Waals surface area contributed by atoms with Crippen molar-refractivity contribution < 1.29 is 4.42 Å². The molecule has 0 aromatic carbocycles. The first-order valence-electron chi connectivity index (χ1n) is 8.73. The molecule has 0 aliphatic heterocycles. The Labute approximate surface area is 133 Å². The maximum Gasteiger partial charge on any atom is 0.217 e. The fraction of sp³-hybridized carbons (Fsp3) is 0.778. The van der Waals surface area contributed by atoms with Gasteiger partial charge in [-0.2, -0.15) is 0 Å². The second-order valence-electron chi connectivity index (χ2n) is 7.52. The molecule has 0 saturated heterocycles. The predicted octanol–water partition coefficient (Wildman–Crippen LogP) is 3.53. The number of rotatable bonds is 6. The van der Waals surface area contributed by atoms with Crippen molar-refractivity contribution in [2.45, 2.75) is 59.4 Å². The molecule has 2 aliphatic carbocycles. The topological polar surface area (TPSA) is 51.0 Å². The van der Waals surface area contributed by atoms with Crippen LogP contribution in [0.2, 0.25) is 0 Å². The fourth-order valence-electron chi connectivity index (χ4n) is 3.73. The van der Waals surface area contributed by atoms with Crippen molar-refractivity contribution in [3.05, 3.63) is 23.4 Å². The molecule has 1 heterocycles. The number of nitrogens with zero attached hydrogens (tertiary/aromatic N) is 2. The van der Waals surface area contributed by atoms with E-state index in [0.717, 1.165) is 30.8 Å². The van der Waals surface area contributed by atoms with Crippen molar-refractivity contribution in [3.63, 3.8) is 0 Å². The SMILES string of the molecule is CC1=CC(CNC2CC2)C(C(C)C)CC1Cc1nnc(C)o1. The summed E-state index contributed by atoms with van der Waals surface area (Å²) in [5.41, 5.74) is 1.50. The van der Waals surface area contributed by atoms with Gasteiger partial charge in [0.1, 0.15) is 0 Å². The highest BCUT2D eigenvalue weighted by Gasteiger charge is 2.33. The quantitative estimate of drug-likeness (QED) is 0.817. The number of nitrogens with one attached hydrogen (secondary N) is 1. The second-order valence-corrected chi connectivity index (χ2v) is 7.52. The summed E-state index contributed by atoms with van der Waals surface area (Å²) < 4.78 is 5.58. The van der Waals surface area contributed by atoms with Gasteiger partial charge in [-0.25, -0.2) is 0 Å². The van der Waals surface area contributed by atoms with E-state index in [1.165, 1.54) is 24.8 Å². The third-order valence-electron chi connectivity index (χ3n) is 5.29. The molecule has 1 aromatic rings. The number of aromatic nitrogens is 2. The lowest BCUT2D eigenvalue weighted by molar-refractivity contribution is 0.217. The zero-order valence-corrected chi connectivity index (χ0v) is 14.3. The van der Waals surface area contributed by atoms with Crippen molar-refractivity contribution in [2.75, 3.05) is 6.54 Å². The zero-order valence-electron chi connectivity index (χ0n) is 14.3. The van der Waals surface area contributed by atoms with Crippen molar-refractivity contribution in [1.82, 2.24) is 15.5 Å². The van der Waals surface area contributed by atoms with Gasteiger partial charge in [0.05, 0.1) is 0 Å². The summed E-state index contributed by atoms with van der Waals surface area (Å²) in [5, 5.41) is 11.8. The second kappa shape index (κ2) is 6.53. The largest absolute Gasteiger partial charge is 0.426 e. The summed E-state index contributed by atoms with van der Waals surface area (Å²) in [7, 11) is 0. The Morgan fingerprint density at radius 2 is 2.05 bits per heavy atom. The summed E-state index contributed by atoms with van der Waals surface area (Å²) in [6.07, 6.45) is 7.35. The summed E-state index contributed by atoms with van der Waals surface area (Å²) in [6, 6.07) is 0.792. The predicted molar refractivity (Wildman–Crippen MR) is 87.4 cm³/mol. The van der Waals surface area contributed by atoms with E-state index in [9.17, 15) is 0 Å². The van der Waals surface area contributed by atoms with Crippen LogP contribution >= 0.6 is 0 Å². The molecule has 4 nitrogen and oxygen atoms in total. The van der Waals surface area contributed by atoms with Crippen LogP contribution in [0.5, 0.6) is 0 Å². The van der Waals surface area contributed by atoms with E-state index in [1.54, 1.807) is 0 Å². The van der Waals surface area contributed by atoms with E-state index in [-0.39, 0.29) is 0 Å². The molecule has 22 heavy (non-hydrogen) atoms. The highest BCUT2D eigenvalue weighted by molar-refractivity contribution is 5.14. The summed E-state index contributed by atoms with van der Waals surface area (Å²) >= 11 is 0. The van der Waals surface area contributed by atoms with Crippen LogP contribution in [0.1, 0.15) is 51.8 Å². The molecule has 1 fully saturated rings. The van der Waals surface area contributed by atoms with E-state index in [2.05, 4.69) is 42.4 Å². The fourth-order valence-corrected chi connectivity index (χ4v) is 3.73. The lowest BCUT2D eigenvalue weighted by Gasteiger charge is -2.37. The van der Waals surface area contributed by atoms with Crippen LogP contribution in [-0.4, -0.2) is 22.8 Å². The molecule has 122 valence electrons. The Morgan fingerprint density at radius 3 is 2.64 bits per heavy atom. The molecule has 0 bridgehead atoms. The molecule has 3 rings (SSSR count). The van der Waals surface area contributed by atoms with Gasteiger partial charge in [-0.05, 0) is 49.9 Å². The van der Waals surface area contributed by atoms with Crippen LogP contribution in [-0.2, 0) is 6.42 Å². The van der Waals surface area contributed by atoms with Gasteiger partial charge in [0.2, 0.25) is 11.8 Å². The van der Waals surface area contributed by atoms with Gasteiger partial charge in [-0.15, -0.1) is 10.2 Å². The highest BCUT2D eigenvalue weighted by Crippen LogP contribution is 2.39. The Morgan fingerprint density at radius 1 is 1.27 bits per heavy atom. The van der Waals surface area contributed by atoms with Crippen LogP contribution < -0.4 is 5.32 Å². The van der Waals surface area contributed by atoms with Crippen LogP contribution in [0.25, 0.3) is 0 Å². The van der Waals surface area contributed by atoms with Gasteiger partial charge in [-0.1, -0.05) is 25.5 Å². The highest BCUT2D eigenvalue weighted by atomic mass is 16.4. The lowest BCUT2D eigenvalue weighted by atomic mass is 9.70. The van der Waals surface area contributed by atoms with E-state index in [4.69, 9.17) is 4.42 Å². The zero-order chi connectivity index (χ0) is 15.7. The van der Waals surface area contributed by atoms with Crippen molar-refractivity contribution in [2.24, 2.45) is 23.7 Å². The third-order valence-corrected chi connectivity index (χ3v) is 5.29. The van der Waals surface area contributed by atoms with Crippen molar-refractivity contribution in [1.29, 1.82) is 0 Å². The minimum atomic E-state index is 0.546. The molecule has 0 radical (unpaired) electrons. The monoisotopic (exact) mass is 303 g/mol. The molecule has 1 N–H and O–H groups in total. The Balaban J connectivity index is 1.68.